The minimum absolute atomic E-state index is 0.0996. The number of anilines is 1. The lowest BCUT2D eigenvalue weighted by molar-refractivity contribution is -0.114. The number of aromatic nitrogens is 3. The highest BCUT2D eigenvalue weighted by molar-refractivity contribution is 7.98. The van der Waals surface area contributed by atoms with Crippen LogP contribution in [0.15, 0.2) is 47.6 Å². The molecule has 0 atom stereocenters. The summed E-state index contributed by atoms with van der Waals surface area (Å²) in [4.78, 5) is 11.1. The van der Waals surface area contributed by atoms with E-state index in [0.29, 0.717) is 15.8 Å². The summed E-state index contributed by atoms with van der Waals surface area (Å²) in [5.41, 5.74) is 2.74. The van der Waals surface area contributed by atoms with E-state index in [9.17, 15) is 4.79 Å². The van der Waals surface area contributed by atoms with Crippen LogP contribution in [0.4, 0.5) is 5.69 Å². The first-order valence-electron chi connectivity index (χ1n) is 7.78. The minimum Gasteiger partial charge on any atom is -0.326 e. The number of carbonyl (C=O) groups excluding carboxylic acids is 1. The maximum atomic E-state index is 11.1. The van der Waals surface area contributed by atoms with Crippen LogP contribution in [0.5, 0.6) is 0 Å². The highest BCUT2D eigenvalue weighted by atomic mass is 35.5. The average Bonchev–Trinajstić information content (AvgIpc) is 2.97. The average molecular weight is 407 g/mol. The molecule has 0 fully saturated rings. The molecule has 3 aromatic rings. The molecule has 1 heterocycles. The van der Waals surface area contributed by atoms with Crippen molar-refractivity contribution in [3.05, 3.63) is 58.1 Å². The minimum atomic E-state index is -0.0996. The molecule has 1 amide bonds. The Bertz CT molecular complexity index is 941. The fourth-order valence-electron chi connectivity index (χ4n) is 2.38. The summed E-state index contributed by atoms with van der Waals surface area (Å²) >= 11 is 13.6. The third-order valence-corrected chi connectivity index (χ3v) is 5.48. The molecule has 8 heteroatoms. The van der Waals surface area contributed by atoms with Crippen LogP contribution >= 0.6 is 35.0 Å². The van der Waals surface area contributed by atoms with Crippen molar-refractivity contribution in [2.75, 3.05) is 5.32 Å². The van der Waals surface area contributed by atoms with Gasteiger partial charge in [-0.15, -0.1) is 10.2 Å². The molecule has 0 saturated heterocycles. The predicted molar refractivity (Wildman–Crippen MR) is 107 cm³/mol. The van der Waals surface area contributed by atoms with Crippen molar-refractivity contribution in [2.24, 2.45) is 7.05 Å². The first-order valence-corrected chi connectivity index (χ1v) is 9.52. The highest BCUT2D eigenvalue weighted by Crippen LogP contribution is 2.28. The summed E-state index contributed by atoms with van der Waals surface area (Å²) in [7, 11) is 1.92. The molecule has 5 nitrogen and oxygen atoms in total. The van der Waals surface area contributed by atoms with Crippen molar-refractivity contribution in [1.29, 1.82) is 0 Å². The van der Waals surface area contributed by atoms with Gasteiger partial charge >= 0.3 is 0 Å². The largest absolute Gasteiger partial charge is 0.326 e. The molecule has 0 aliphatic carbocycles. The maximum absolute atomic E-state index is 11.1. The van der Waals surface area contributed by atoms with Crippen molar-refractivity contribution in [3.8, 4) is 11.4 Å². The lowest BCUT2D eigenvalue weighted by Crippen LogP contribution is -2.05. The van der Waals surface area contributed by atoms with E-state index in [1.54, 1.807) is 17.8 Å². The number of nitrogens with zero attached hydrogens (tertiary/aromatic N) is 3. The Morgan fingerprint density at radius 1 is 1.12 bits per heavy atom. The maximum Gasteiger partial charge on any atom is 0.221 e. The molecule has 0 radical (unpaired) electrons. The molecular formula is C18H16Cl2N4OS. The number of hydrogen-bond acceptors (Lipinski definition) is 4. The Labute approximate surface area is 165 Å². The van der Waals surface area contributed by atoms with E-state index in [4.69, 9.17) is 23.2 Å². The molecule has 0 aliphatic heterocycles. The van der Waals surface area contributed by atoms with Gasteiger partial charge in [-0.25, -0.2) is 0 Å². The molecule has 0 aliphatic rings. The van der Waals surface area contributed by atoms with Gasteiger partial charge in [-0.1, -0.05) is 41.0 Å². The SMILES string of the molecule is CC(=O)Nc1ccc(-c2nnc(SCc3ccc(Cl)c(Cl)c3)n2C)cc1. The van der Waals surface area contributed by atoms with Gasteiger partial charge in [-0.05, 0) is 42.0 Å². The molecule has 3 rings (SSSR count). The Balaban J connectivity index is 1.73. The number of carbonyl (C=O) groups is 1. The van der Waals surface area contributed by atoms with Gasteiger partial charge in [0.25, 0.3) is 0 Å². The van der Waals surface area contributed by atoms with Crippen LogP contribution in [0.2, 0.25) is 10.0 Å². The lowest BCUT2D eigenvalue weighted by atomic mass is 10.2. The fourth-order valence-corrected chi connectivity index (χ4v) is 3.55. The molecule has 26 heavy (non-hydrogen) atoms. The molecule has 134 valence electrons. The standard InChI is InChI=1S/C18H16Cl2N4OS/c1-11(25)21-14-6-4-13(5-7-14)17-22-23-18(24(17)2)26-10-12-3-8-15(19)16(20)9-12/h3-9H,10H2,1-2H3,(H,21,25). The van der Waals surface area contributed by atoms with Gasteiger partial charge in [0.1, 0.15) is 0 Å². The predicted octanol–water partition coefficient (Wildman–Crippen LogP) is 5.04. The summed E-state index contributed by atoms with van der Waals surface area (Å²) in [6, 6.07) is 13.1. The number of amides is 1. The van der Waals surface area contributed by atoms with E-state index in [1.807, 2.05) is 48.0 Å². The second kappa shape index (κ2) is 8.12. The van der Waals surface area contributed by atoms with E-state index in [0.717, 1.165) is 27.8 Å². The number of benzene rings is 2. The third-order valence-electron chi connectivity index (χ3n) is 3.65. The van der Waals surface area contributed by atoms with E-state index in [-0.39, 0.29) is 5.91 Å². The monoisotopic (exact) mass is 406 g/mol. The second-order valence-corrected chi connectivity index (χ2v) is 7.42. The lowest BCUT2D eigenvalue weighted by Gasteiger charge is -2.06. The zero-order chi connectivity index (χ0) is 18.7. The molecule has 2 aromatic carbocycles. The van der Waals surface area contributed by atoms with Crippen LogP contribution in [0.3, 0.4) is 0 Å². The van der Waals surface area contributed by atoms with Crippen molar-refractivity contribution in [3.63, 3.8) is 0 Å². The van der Waals surface area contributed by atoms with Crippen LogP contribution in [-0.2, 0) is 17.6 Å². The molecule has 0 spiro atoms. The highest BCUT2D eigenvalue weighted by Gasteiger charge is 2.12. The van der Waals surface area contributed by atoms with Crippen LogP contribution < -0.4 is 5.32 Å². The van der Waals surface area contributed by atoms with Crippen molar-refractivity contribution < 1.29 is 4.79 Å². The molecule has 0 saturated carbocycles. The molecule has 1 N–H and O–H groups in total. The first-order chi connectivity index (χ1) is 12.4. The van der Waals surface area contributed by atoms with Crippen LogP contribution in [-0.4, -0.2) is 20.7 Å². The van der Waals surface area contributed by atoms with Crippen molar-refractivity contribution >= 4 is 46.6 Å². The molecule has 0 bridgehead atoms. The number of hydrogen-bond donors (Lipinski definition) is 1. The third kappa shape index (κ3) is 4.38. The van der Waals surface area contributed by atoms with E-state index in [2.05, 4.69) is 15.5 Å². The van der Waals surface area contributed by atoms with E-state index in [1.165, 1.54) is 6.92 Å². The van der Waals surface area contributed by atoms with E-state index < -0.39 is 0 Å². The Morgan fingerprint density at radius 2 is 1.85 bits per heavy atom. The number of thioether (sulfide) groups is 1. The summed E-state index contributed by atoms with van der Waals surface area (Å²) in [6.45, 7) is 1.48. The number of rotatable bonds is 5. The van der Waals surface area contributed by atoms with Gasteiger partial charge in [-0.3, -0.25) is 4.79 Å². The van der Waals surface area contributed by atoms with Gasteiger partial charge in [-0.2, -0.15) is 0 Å². The number of nitrogens with one attached hydrogen (secondary N) is 1. The quantitative estimate of drug-likeness (QED) is 0.602. The van der Waals surface area contributed by atoms with Gasteiger partial charge in [0.2, 0.25) is 5.91 Å². The van der Waals surface area contributed by atoms with Crippen molar-refractivity contribution in [1.82, 2.24) is 14.8 Å². The Morgan fingerprint density at radius 3 is 2.50 bits per heavy atom. The Hall–Kier alpha value is -2.02. The van der Waals surface area contributed by atoms with Gasteiger partial charge < -0.3 is 9.88 Å². The second-order valence-electron chi connectivity index (χ2n) is 5.66. The molecular weight excluding hydrogens is 391 g/mol. The van der Waals surface area contributed by atoms with Gasteiger partial charge in [0, 0.05) is 31.0 Å². The van der Waals surface area contributed by atoms with Gasteiger partial charge in [0.05, 0.1) is 10.0 Å². The van der Waals surface area contributed by atoms with Crippen LogP contribution in [0.25, 0.3) is 11.4 Å². The molecule has 1 aromatic heterocycles. The smallest absolute Gasteiger partial charge is 0.221 e. The number of halogens is 2. The van der Waals surface area contributed by atoms with E-state index >= 15 is 0 Å². The van der Waals surface area contributed by atoms with Crippen LogP contribution in [0.1, 0.15) is 12.5 Å². The normalized spacial score (nSPS) is 10.8. The van der Waals surface area contributed by atoms with Gasteiger partial charge in [0.15, 0.2) is 11.0 Å². The zero-order valence-electron chi connectivity index (χ0n) is 14.2. The first kappa shape index (κ1) is 18.8. The Kier molecular flexibility index (Phi) is 5.86. The topological polar surface area (TPSA) is 59.8 Å². The molecule has 0 unspecified atom stereocenters. The fraction of sp³-hybridized carbons (Fsp3) is 0.167. The zero-order valence-corrected chi connectivity index (χ0v) is 16.5. The summed E-state index contributed by atoms with van der Waals surface area (Å²) < 4.78 is 1.94. The summed E-state index contributed by atoms with van der Waals surface area (Å²) in [5, 5.41) is 13.2. The van der Waals surface area contributed by atoms with Crippen LogP contribution in [0, 0.1) is 0 Å². The summed E-state index contributed by atoms with van der Waals surface area (Å²) in [5.74, 6) is 1.37. The summed E-state index contributed by atoms with van der Waals surface area (Å²) in [6.07, 6.45) is 0. The van der Waals surface area contributed by atoms with Crippen molar-refractivity contribution in [2.45, 2.75) is 17.8 Å².